The Labute approximate surface area is 218 Å². The summed E-state index contributed by atoms with van der Waals surface area (Å²) in [4.78, 5) is 43.1. The Bertz CT molecular complexity index is 1660. The molecule has 1 aliphatic carbocycles. The van der Waals surface area contributed by atoms with Crippen molar-refractivity contribution in [1.82, 2.24) is 14.9 Å². The number of halogens is 1. The highest BCUT2D eigenvalue weighted by atomic mass is 19.1. The number of carbonyl (C=O) groups is 2. The molecule has 0 bridgehead atoms. The van der Waals surface area contributed by atoms with Crippen molar-refractivity contribution in [3.8, 4) is 11.4 Å². The maximum absolute atomic E-state index is 15.0. The zero-order valence-electron chi connectivity index (χ0n) is 21.5. The van der Waals surface area contributed by atoms with Crippen molar-refractivity contribution in [2.75, 3.05) is 0 Å². The molecule has 0 unspecified atom stereocenters. The molecule has 8 nitrogen and oxygen atoms in total. The largest absolute Gasteiger partial charge is 0.458 e. The molecule has 0 radical (unpaired) electrons. The number of aromatic nitrogens is 2. The fourth-order valence-corrected chi connectivity index (χ4v) is 6.51. The number of aryl methyl sites for hydroxylation is 1. The van der Waals surface area contributed by atoms with Gasteiger partial charge >= 0.3 is 5.97 Å². The van der Waals surface area contributed by atoms with Crippen LogP contribution in [0.25, 0.3) is 22.3 Å². The van der Waals surface area contributed by atoms with Crippen LogP contribution in [0, 0.1) is 12.7 Å². The summed E-state index contributed by atoms with van der Waals surface area (Å²) in [5.41, 5.74) is 2.81. The molecule has 0 saturated heterocycles. The van der Waals surface area contributed by atoms with Crippen molar-refractivity contribution < 1.29 is 23.8 Å². The second-order valence-corrected chi connectivity index (χ2v) is 10.4. The highest BCUT2D eigenvalue weighted by molar-refractivity contribution is 5.93. The second kappa shape index (κ2) is 8.33. The van der Waals surface area contributed by atoms with Gasteiger partial charge in [-0.2, -0.15) is 0 Å². The number of nitrogens with one attached hydrogen (secondary N) is 1. The number of amides is 1. The van der Waals surface area contributed by atoms with E-state index in [9.17, 15) is 19.5 Å². The topological polar surface area (TPSA) is 111 Å². The average Bonchev–Trinajstić information content (AvgIpc) is 3.27. The maximum Gasteiger partial charge on any atom is 0.343 e. The molecule has 6 rings (SSSR count). The number of pyridine rings is 2. The number of benzene rings is 1. The normalized spacial score (nSPS) is 21.8. The highest BCUT2D eigenvalue weighted by Crippen LogP contribution is 2.47. The molecule has 2 aromatic heterocycles. The third-order valence-corrected chi connectivity index (χ3v) is 8.48. The lowest BCUT2D eigenvalue weighted by molar-refractivity contribution is -0.172. The van der Waals surface area contributed by atoms with Crippen LogP contribution < -0.4 is 10.9 Å². The molecule has 2 N–H and O–H groups in total. The second-order valence-electron chi connectivity index (χ2n) is 10.4. The van der Waals surface area contributed by atoms with E-state index in [2.05, 4.69) is 11.9 Å². The summed E-state index contributed by atoms with van der Waals surface area (Å²) in [6, 6.07) is 2.70. The number of cyclic esters (lactones) is 1. The smallest absolute Gasteiger partial charge is 0.343 e. The van der Waals surface area contributed by atoms with Crippen LogP contribution in [0.1, 0.15) is 66.0 Å². The lowest BCUT2D eigenvalue weighted by Gasteiger charge is -2.33. The molecular weight excluding hydrogens is 489 g/mol. The van der Waals surface area contributed by atoms with Crippen LogP contribution >= 0.6 is 0 Å². The van der Waals surface area contributed by atoms with Crippen molar-refractivity contribution in [1.29, 1.82) is 0 Å². The Kier molecular flexibility index (Phi) is 5.36. The van der Waals surface area contributed by atoms with Gasteiger partial charge in [0.25, 0.3) is 5.56 Å². The molecule has 3 atom stereocenters. The van der Waals surface area contributed by atoms with E-state index in [4.69, 9.17) is 9.72 Å². The molecule has 1 amide bonds. The summed E-state index contributed by atoms with van der Waals surface area (Å²) in [7, 11) is 0. The van der Waals surface area contributed by atoms with Crippen molar-refractivity contribution in [3.63, 3.8) is 0 Å². The van der Waals surface area contributed by atoms with Gasteiger partial charge in [0.2, 0.25) is 5.91 Å². The molecule has 0 spiro atoms. The third kappa shape index (κ3) is 3.17. The minimum absolute atomic E-state index is 0.0403. The fourth-order valence-electron chi connectivity index (χ4n) is 6.51. The number of aliphatic hydroxyl groups is 1. The molecule has 0 fully saturated rings. The number of hydrogen-bond acceptors (Lipinski definition) is 6. The Morgan fingerprint density at radius 3 is 2.82 bits per heavy atom. The molecular formula is C29H28FN3O5. The SMILES string of the molecule is C=C[C@@H](NC(C)=O)[C@@H]1CCc2c(C)c(F)cc3nc4c(c1c23)Cn1c-4cc2c(c1=O)COC(=O)[C@]2(O)CC. The minimum atomic E-state index is -1.94. The van der Waals surface area contributed by atoms with Crippen LogP contribution in [0.15, 0.2) is 29.6 Å². The van der Waals surface area contributed by atoms with Gasteiger partial charge in [-0.3, -0.25) is 9.59 Å². The molecule has 196 valence electrons. The van der Waals surface area contributed by atoms with Gasteiger partial charge < -0.3 is 19.7 Å². The summed E-state index contributed by atoms with van der Waals surface area (Å²) in [5, 5.41) is 15.0. The van der Waals surface area contributed by atoms with Crippen LogP contribution in [-0.4, -0.2) is 32.6 Å². The van der Waals surface area contributed by atoms with E-state index in [1.54, 1.807) is 30.6 Å². The monoisotopic (exact) mass is 517 g/mol. The Morgan fingerprint density at radius 1 is 1.37 bits per heavy atom. The van der Waals surface area contributed by atoms with Crippen molar-refractivity contribution >= 4 is 22.8 Å². The van der Waals surface area contributed by atoms with Gasteiger partial charge in [0.05, 0.1) is 35.1 Å². The molecule has 0 saturated carbocycles. The molecule has 9 heteroatoms. The van der Waals surface area contributed by atoms with E-state index in [1.807, 2.05) is 0 Å². The van der Waals surface area contributed by atoms with Crippen LogP contribution in [0.4, 0.5) is 4.39 Å². The van der Waals surface area contributed by atoms with E-state index < -0.39 is 11.6 Å². The molecule has 3 aromatic rings. The summed E-state index contributed by atoms with van der Waals surface area (Å²) in [6.07, 6.45) is 3.02. The average molecular weight is 518 g/mol. The first-order valence-electron chi connectivity index (χ1n) is 12.8. The Hall–Kier alpha value is -3.85. The number of rotatable bonds is 4. The van der Waals surface area contributed by atoms with Gasteiger partial charge in [0.1, 0.15) is 12.4 Å². The quantitative estimate of drug-likeness (QED) is 0.318. The Balaban J connectivity index is 1.67. The van der Waals surface area contributed by atoms with E-state index in [1.165, 1.54) is 13.0 Å². The van der Waals surface area contributed by atoms with Crippen LogP contribution in [-0.2, 0) is 39.5 Å². The molecule has 3 aliphatic rings. The summed E-state index contributed by atoms with van der Waals surface area (Å²) < 4.78 is 21.8. The van der Waals surface area contributed by atoms with Crippen LogP contribution in [0.2, 0.25) is 0 Å². The number of carbonyl (C=O) groups excluding carboxylic acids is 2. The van der Waals surface area contributed by atoms with Gasteiger partial charge in [-0.1, -0.05) is 13.0 Å². The standard InChI is InChI=1S/C29H28FN3O5/c1-5-21(31-14(4)34)16-8-7-15-13(3)20(30)10-22-25(15)24(16)17-11-33-23(26(17)32-22)9-19-18(27(33)35)12-38-28(36)29(19,37)6-2/h5,9-10,16,21,37H,1,6-8,11-12H2,2-4H3,(H,31,34)/t16-,21+,29-/m0/s1. The van der Waals surface area contributed by atoms with E-state index in [-0.39, 0.29) is 59.9 Å². The minimum Gasteiger partial charge on any atom is -0.458 e. The zero-order chi connectivity index (χ0) is 27.1. The number of hydrogen-bond donors (Lipinski definition) is 2. The van der Waals surface area contributed by atoms with Crippen LogP contribution in [0.5, 0.6) is 0 Å². The Morgan fingerprint density at radius 2 is 2.13 bits per heavy atom. The van der Waals surface area contributed by atoms with Crippen molar-refractivity contribution in [3.05, 3.63) is 74.3 Å². The molecule has 38 heavy (non-hydrogen) atoms. The number of nitrogens with zero attached hydrogens (tertiary/aromatic N) is 2. The maximum atomic E-state index is 15.0. The van der Waals surface area contributed by atoms with Gasteiger partial charge in [-0.05, 0) is 48.9 Å². The van der Waals surface area contributed by atoms with Gasteiger partial charge in [0, 0.05) is 35.4 Å². The molecule has 2 aliphatic heterocycles. The van der Waals surface area contributed by atoms with Gasteiger partial charge in [0.15, 0.2) is 5.60 Å². The first kappa shape index (κ1) is 24.5. The zero-order valence-corrected chi connectivity index (χ0v) is 21.5. The number of ether oxygens (including phenoxy) is 1. The van der Waals surface area contributed by atoms with Crippen molar-refractivity contribution in [2.45, 2.75) is 70.7 Å². The van der Waals surface area contributed by atoms with E-state index in [0.717, 1.165) is 22.1 Å². The van der Waals surface area contributed by atoms with Gasteiger partial charge in [-0.15, -0.1) is 6.58 Å². The molecule has 1 aromatic carbocycles. The molecule has 4 heterocycles. The lowest BCUT2D eigenvalue weighted by atomic mass is 9.75. The van der Waals surface area contributed by atoms with Gasteiger partial charge in [-0.25, -0.2) is 14.2 Å². The predicted octanol–water partition coefficient (Wildman–Crippen LogP) is 3.25. The summed E-state index contributed by atoms with van der Waals surface area (Å²) in [6.45, 7) is 8.83. The van der Waals surface area contributed by atoms with E-state index >= 15 is 4.39 Å². The summed E-state index contributed by atoms with van der Waals surface area (Å²) in [5.74, 6) is -1.49. The fraction of sp³-hybridized carbons (Fsp3) is 0.379. The van der Waals surface area contributed by atoms with E-state index in [0.29, 0.717) is 35.3 Å². The lowest BCUT2D eigenvalue weighted by Crippen LogP contribution is -2.44. The highest BCUT2D eigenvalue weighted by Gasteiger charge is 2.46. The van der Waals surface area contributed by atoms with Crippen molar-refractivity contribution in [2.24, 2.45) is 0 Å². The predicted molar refractivity (Wildman–Crippen MR) is 138 cm³/mol. The first-order chi connectivity index (χ1) is 18.1. The number of fused-ring (bicyclic) bond motifs is 5. The first-order valence-corrected chi connectivity index (χ1v) is 12.8. The number of esters is 1. The summed E-state index contributed by atoms with van der Waals surface area (Å²) >= 11 is 0. The third-order valence-electron chi connectivity index (χ3n) is 8.48. The van der Waals surface area contributed by atoms with Crippen LogP contribution in [0.3, 0.4) is 0 Å².